The number of carbonyl (C=O) groups is 2. The molecule has 0 fully saturated rings. The van der Waals surface area contributed by atoms with E-state index in [9.17, 15) is 9.59 Å². The van der Waals surface area contributed by atoms with Gasteiger partial charge in [0.1, 0.15) is 6.33 Å². The van der Waals surface area contributed by atoms with E-state index in [0.29, 0.717) is 16.4 Å². The van der Waals surface area contributed by atoms with Gasteiger partial charge in [-0.25, -0.2) is 4.68 Å². The zero-order valence-corrected chi connectivity index (χ0v) is 11.5. The highest BCUT2D eigenvalue weighted by atomic mass is 35.5. The maximum Gasteiger partial charge on any atom is 0.241 e. The quantitative estimate of drug-likeness (QED) is 0.677. The van der Waals surface area contributed by atoms with Crippen molar-refractivity contribution in [3.63, 3.8) is 0 Å². The molecular formula is C11H12ClN7O2. The van der Waals surface area contributed by atoms with Gasteiger partial charge < -0.3 is 16.8 Å². The summed E-state index contributed by atoms with van der Waals surface area (Å²) in [6.45, 7) is 0. The molecule has 0 saturated heterocycles. The predicted octanol–water partition coefficient (Wildman–Crippen LogP) is -0.543. The number of anilines is 1. The first-order chi connectivity index (χ1) is 9.97. The molecule has 110 valence electrons. The highest BCUT2D eigenvalue weighted by molar-refractivity contribution is 6.33. The molecule has 0 radical (unpaired) electrons. The van der Waals surface area contributed by atoms with Gasteiger partial charge in [0.2, 0.25) is 11.8 Å². The molecule has 1 aromatic heterocycles. The lowest BCUT2D eigenvalue weighted by Crippen LogP contribution is -2.39. The minimum absolute atomic E-state index is 0.254. The number of benzene rings is 1. The van der Waals surface area contributed by atoms with Crippen LogP contribution < -0.4 is 16.8 Å². The van der Waals surface area contributed by atoms with Crippen LogP contribution in [0.15, 0.2) is 24.5 Å². The van der Waals surface area contributed by atoms with Crippen LogP contribution in [0.25, 0.3) is 5.69 Å². The van der Waals surface area contributed by atoms with Gasteiger partial charge in [-0.1, -0.05) is 11.6 Å². The Hall–Kier alpha value is -2.52. The number of amides is 2. The van der Waals surface area contributed by atoms with Gasteiger partial charge in [-0.05, 0) is 28.6 Å². The Bertz CT molecular complexity index is 659. The van der Waals surface area contributed by atoms with Crippen LogP contribution in [-0.2, 0) is 9.59 Å². The van der Waals surface area contributed by atoms with E-state index in [1.165, 1.54) is 11.0 Å². The molecule has 1 heterocycles. The Morgan fingerprint density at radius 1 is 1.43 bits per heavy atom. The largest absolute Gasteiger partial charge is 0.370 e. The van der Waals surface area contributed by atoms with Crippen molar-refractivity contribution in [3.05, 3.63) is 29.5 Å². The number of halogens is 1. The summed E-state index contributed by atoms with van der Waals surface area (Å²) in [6.07, 6.45) is 1.14. The number of rotatable bonds is 5. The van der Waals surface area contributed by atoms with Crippen LogP contribution in [0.4, 0.5) is 5.69 Å². The Kier molecular flexibility index (Phi) is 4.45. The minimum atomic E-state index is -1.05. The molecule has 0 aliphatic rings. The van der Waals surface area contributed by atoms with Gasteiger partial charge >= 0.3 is 0 Å². The fraction of sp³-hybridized carbons (Fsp3) is 0.182. The molecule has 2 aromatic rings. The third kappa shape index (κ3) is 3.74. The summed E-state index contributed by atoms with van der Waals surface area (Å²) in [6, 6.07) is 3.79. The highest BCUT2D eigenvalue weighted by Gasteiger charge is 2.17. The first-order valence-electron chi connectivity index (χ1n) is 5.85. The summed E-state index contributed by atoms with van der Waals surface area (Å²) in [5.74, 6) is -1.23. The predicted molar refractivity (Wildman–Crippen MR) is 74.6 cm³/mol. The number of primary amides is 1. The van der Waals surface area contributed by atoms with E-state index < -0.39 is 17.9 Å². The number of nitrogens with one attached hydrogen (secondary N) is 1. The SMILES string of the molecule is NC(=O)CC(N)C(=O)Nc1cc(-n2cnnn2)ccc1Cl. The molecule has 9 nitrogen and oxygen atoms in total. The van der Waals surface area contributed by atoms with Crippen LogP contribution in [0.3, 0.4) is 0 Å². The number of aromatic nitrogens is 4. The number of tetrazole rings is 1. The molecule has 0 bridgehead atoms. The van der Waals surface area contributed by atoms with E-state index in [-0.39, 0.29) is 6.42 Å². The third-order valence-corrected chi connectivity index (χ3v) is 2.91. The second kappa shape index (κ2) is 6.29. The van der Waals surface area contributed by atoms with E-state index in [2.05, 4.69) is 20.8 Å². The van der Waals surface area contributed by atoms with Crippen LogP contribution in [0.1, 0.15) is 6.42 Å². The average molecular weight is 310 g/mol. The van der Waals surface area contributed by atoms with Crippen LogP contribution in [0.2, 0.25) is 5.02 Å². The average Bonchev–Trinajstić information content (AvgIpc) is 2.94. The zero-order chi connectivity index (χ0) is 15.4. The van der Waals surface area contributed by atoms with Crippen molar-refractivity contribution >= 4 is 29.1 Å². The monoisotopic (exact) mass is 309 g/mol. The number of nitrogens with two attached hydrogens (primary N) is 2. The van der Waals surface area contributed by atoms with Gasteiger partial charge in [-0.3, -0.25) is 9.59 Å². The summed E-state index contributed by atoms with van der Waals surface area (Å²) < 4.78 is 1.40. The summed E-state index contributed by atoms with van der Waals surface area (Å²) in [7, 11) is 0. The summed E-state index contributed by atoms with van der Waals surface area (Å²) in [4.78, 5) is 22.6. The topological polar surface area (TPSA) is 142 Å². The first kappa shape index (κ1) is 14.9. The van der Waals surface area contributed by atoms with Gasteiger partial charge in [-0.15, -0.1) is 5.10 Å². The maximum absolute atomic E-state index is 11.8. The molecule has 21 heavy (non-hydrogen) atoms. The van der Waals surface area contributed by atoms with Gasteiger partial charge in [0.15, 0.2) is 0 Å². The molecule has 2 rings (SSSR count). The van der Waals surface area contributed by atoms with E-state index in [4.69, 9.17) is 23.1 Å². The molecule has 1 unspecified atom stereocenters. The van der Waals surface area contributed by atoms with Crippen LogP contribution in [0.5, 0.6) is 0 Å². The summed E-state index contributed by atoms with van der Waals surface area (Å²) in [5.41, 5.74) is 11.5. The van der Waals surface area contributed by atoms with Gasteiger partial charge in [-0.2, -0.15) is 0 Å². The van der Waals surface area contributed by atoms with E-state index >= 15 is 0 Å². The number of nitrogens with zero attached hydrogens (tertiary/aromatic N) is 4. The molecule has 0 spiro atoms. The number of hydrogen-bond donors (Lipinski definition) is 3. The molecule has 0 aliphatic carbocycles. The van der Waals surface area contributed by atoms with Crippen LogP contribution >= 0.6 is 11.6 Å². The smallest absolute Gasteiger partial charge is 0.241 e. The highest BCUT2D eigenvalue weighted by Crippen LogP contribution is 2.24. The third-order valence-electron chi connectivity index (χ3n) is 2.58. The minimum Gasteiger partial charge on any atom is -0.370 e. The lowest BCUT2D eigenvalue weighted by Gasteiger charge is -2.12. The fourth-order valence-electron chi connectivity index (χ4n) is 1.57. The van der Waals surface area contributed by atoms with Crippen molar-refractivity contribution in [2.24, 2.45) is 11.5 Å². The zero-order valence-electron chi connectivity index (χ0n) is 10.7. The van der Waals surface area contributed by atoms with Gasteiger partial charge in [0.25, 0.3) is 0 Å². The van der Waals surface area contributed by atoms with E-state index in [0.717, 1.165) is 0 Å². The second-order valence-corrected chi connectivity index (χ2v) is 4.59. The lowest BCUT2D eigenvalue weighted by molar-refractivity contribution is -0.123. The summed E-state index contributed by atoms with van der Waals surface area (Å²) >= 11 is 6.00. The first-order valence-corrected chi connectivity index (χ1v) is 6.23. The lowest BCUT2D eigenvalue weighted by atomic mass is 10.2. The van der Waals surface area contributed by atoms with Crippen molar-refractivity contribution in [2.75, 3.05) is 5.32 Å². The molecule has 0 saturated carbocycles. The van der Waals surface area contributed by atoms with Crippen LogP contribution in [0, 0.1) is 0 Å². The van der Waals surface area contributed by atoms with Crippen molar-refractivity contribution in [1.29, 1.82) is 0 Å². The van der Waals surface area contributed by atoms with Gasteiger partial charge in [0, 0.05) is 0 Å². The van der Waals surface area contributed by atoms with Crippen molar-refractivity contribution in [2.45, 2.75) is 12.5 Å². The summed E-state index contributed by atoms with van der Waals surface area (Å²) in [5, 5.41) is 13.6. The molecule has 10 heteroatoms. The molecule has 1 atom stereocenters. The maximum atomic E-state index is 11.8. The Balaban J connectivity index is 2.18. The fourth-order valence-corrected chi connectivity index (χ4v) is 1.73. The second-order valence-electron chi connectivity index (χ2n) is 4.18. The standard InChI is InChI=1S/C11H12ClN7O2/c12-7-2-1-6(19-5-15-17-18-19)3-9(7)16-11(21)8(13)4-10(14)20/h1-3,5,8H,4,13H2,(H2,14,20)(H,16,21). The van der Waals surface area contributed by atoms with Crippen molar-refractivity contribution < 1.29 is 9.59 Å². The molecule has 2 amide bonds. The van der Waals surface area contributed by atoms with Gasteiger partial charge in [0.05, 0.1) is 28.9 Å². The van der Waals surface area contributed by atoms with E-state index in [1.807, 2.05) is 0 Å². The van der Waals surface area contributed by atoms with Crippen molar-refractivity contribution in [3.8, 4) is 5.69 Å². The Labute approximate surface area is 124 Å². The Morgan fingerprint density at radius 2 is 2.19 bits per heavy atom. The van der Waals surface area contributed by atoms with E-state index in [1.54, 1.807) is 18.2 Å². The number of hydrogen-bond acceptors (Lipinski definition) is 6. The molecule has 0 aliphatic heterocycles. The Morgan fingerprint density at radius 3 is 2.81 bits per heavy atom. The van der Waals surface area contributed by atoms with Crippen molar-refractivity contribution in [1.82, 2.24) is 20.2 Å². The molecule has 1 aromatic carbocycles. The van der Waals surface area contributed by atoms with Crippen LogP contribution in [-0.4, -0.2) is 38.1 Å². The number of carbonyl (C=O) groups excluding carboxylic acids is 2. The molecule has 5 N–H and O–H groups in total. The normalized spacial score (nSPS) is 11.9. The molecular weight excluding hydrogens is 298 g/mol.